The third-order valence-electron chi connectivity index (χ3n) is 3.20. The second-order valence-corrected chi connectivity index (χ2v) is 5.82. The summed E-state index contributed by atoms with van der Waals surface area (Å²) in [4.78, 5) is 0. The fraction of sp³-hybridized carbons (Fsp3) is 1.00. The zero-order valence-corrected chi connectivity index (χ0v) is 7.23. The lowest BCUT2D eigenvalue weighted by Gasteiger charge is -2.53. The predicted octanol–water partition coefficient (Wildman–Crippen LogP) is 0.608. The molecular formula is C7H13NO2S. The van der Waals surface area contributed by atoms with Gasteiger partial charge in [-0.1, -0.05) is 6.42 Å². The Hall–Kier alpha value is -0.0900. The van der Waals surface area contributed by atoms with Gasteiger partial charge in [0.05, 0.1) is 5.25 Å². The Labute approximate surface area is 67.0 Å². The van der Waals surface area contributed by atoms with Crippen LogP contribution in [0.2, 0.25) is 0 Å². The minimum Gasteiger partial charge on any atom is -0.228 e. The molecule has 64 valence electrons. The number of rotatable bonds is 1. The summed E-state index contributed by atoms with van der Waals surface area (Å²) in [5.74, 6) is 0. The third-order valence-corrected chi connectivity index (χ3v) is 4.46. The van der Waals surface area contributed by atoms with Gasteiger partial charge < -0.3 is 0 Å². The fourth-order valence-electron chi connectivity index (χ4n) is 2.22. The smallest absolute Gasteiger partial charge is 0.212 e. The van der Waals surface area contributed by atoms with Gasteiger partial charge in [0.1, 0.15) is 0 Å². The van der Waals surface area contributed by atoms with Crippen molar-refractivity contribution >= 4 is 10.0 Å². The molecule has 0 aromatic carbocycles. The lowest BCUT2D eigenvalue weighted by molar-refractivity contribution is 0.0351. The largest absolute Gasteiger partial charge is 0.228 e. The van der Waals surface area contributed by atoms with Crippen LogP contribution in [0.3, 0.4) is 0 Å². The van der Waals surface area contributed by atoms with Crippen LogP contribution in [0, 0.1) is 5.41 Å². The monoisotopic (exact) mass is 175 g/mol. The highest BCUT2D eigenvalue weighted by molar-refractivity contribution is 7.89. The van der Waals surface area contributed by atoms with E-state index >= 15 is 0 Å². The van der Waals surface area contributed by atoms with E-state index in [4.69, 9.17) is 5.14 Å². The molecule has 0 aromatic heterocycles. The van der Waals surface area contributed by atoms with Gasteiger partial charge in [0.15, 0.2) is 0 Å². The summed E-state index contributed by atoms with van der Waals surface area (Å²) in [6.07, 6.45) is 5.37. The van der Waals surface area contributed by atoms with Gasteiger partial charge in [-0.3, -0.25) is 0 Å². The second-order valence-electron chi connectivity index (χ2n) is 3.97. The van der Waals surface area contributed by atoms with Gasteiger partial charge in [0.2, 0.25) is 10.0 Å². The Morgan fingerprint density at radius 3 is 2.09 bits per heavy atom. The van der Waals surface area contributed by atoms with Gasteiger partial charge in [-0.05, 0) is 31.1 Å². The minimum absolute atomic E-state index is 0.220. The summed E-state index contributed by atoms with van der Waals surface area (Å²) in [6.45, 7) is 0. The quantitative estimate of drug-likeness (QED) is 0.634. The van der Waals surface area contributed by atoms with Crippen molar-refractivity contribution in [3.8, 4) is 0 Å². The lowest BCUT2D eigenvalue weighted by Crippen LogP contribution is -2.50. The van der Waals surface area contributed by atoms with Crippen LogP contribution < -0.4 is 5.14 Å². The van der Waals surface area contributed by atoms with Gasteiger partial charge in [-0.25, -0.2) is 13.6 Å². The number of hydrogen-bond acceptors (Lipinski definition) is 2. The van der Waals surface area contributed by atoms with Crippen LogP contribution in [0.15, 0.2) is 0 Å². The molecule has 2 aliphatic rings. The van der Waals surface area contributed by atoms with E-state index in [2.05, 4.69) is 0 Å². The van der Waals surface area contributed by atoms with E-state index in [0.29, 0.717) is 5.41 Å². The summed E-state index contributed by atoms with van der Waals surface area (Å²) >= 11 is 0. The molecule has 0 bridgehead atoms. The zero-order chi connectivity index (χ0) is 8.11. The SMILES string of the molecule is NS(=O)(=O)C1CC2(CCC2)C1. The highest BCUT2D eigenvalue weighted by Crippen LogP contribution is 2.57. The normalized spacial score (nSPS) is 29.5. The summed E-state index contributed by atoms with van der Waals surface area (Å²) in [5.41, 5.74) is 0.414. The van der Waals surface area contributed by atoms with E-state index in [1.165, 1.54) is 19.3 Å². The molecular weight excluding hydrogens is 162 g/mol. The standard InChI is InChI=1S/C7H13NO2S/c8-11(9,10)6-4-7(5-6)2-1-3-7/h6H,1-5H2,(H2,8,9,10). The van der Waals surface area contributed by atoms with Crippen molar-refractivity contribution in [2.75, 3.05) is 0 Å². The maximum Gasteiger partial charge on any atom is 0.212 e. The van der Waals surface area contributed by atoms with Gasteiger partial charge in [0.25, 0.3) is 0 Å². The maximum atomic E-state index is 10.8. The Morgan fingerprint density at radius 2 is 1.82 bits per heavy atom. The van der Waals surface area contributed by atoms with Gasteiger partial charge in [-0.2, -0.15) is 0 Å². The van der Waals surface area contributed by atoms with E-state index in [0.717, 1.165) is 12.8 Å². The molecule has 0 amide bonds. The first-order valence-corrected chi connectivity index (χ1v) is 5.64. The number of hydrogen-bond donors (Lipinski definition) is 1. The third kappa shape index (κ3) is 1.08. The molecule has 0 aliphatic heterocycles. The number of nitrogens with two attached hydrogens (primary N) is 1. The average Bonchev–Trinajstić information content (AvgIpc) is 1.49. The molecule has 0 heterocycles. The first-order valence-electron chi connectivity index (χ1n) is 4.04. The van der Waals surface area contributed by atoms with Crippen molar-refractivity contribution in [1.29, 1.82) is 0 Å². The lowest BCUT2D eigenvalue weighted by atomic mass is 9.56. The van der Waals surface area contributed by atoms with Crippen LogP contribution in [0.5, 0.6) is 0 Å². The van der Waals surface area contributed by atoms with Gasteiger partial charge in [-0.15, -0.1) is 0 Å². The van der Waals surface area contributed by atoms with Crippen LogP contribution in [0.4, 0.5) is 0 Å². The zero-order valence-electron chi connectivity index (χ0n) is 6.41. The predicted molar refractivity (Wildman–Crippen MR) is 42.4 cm³/mol. The number of sulfonamides is 1. The molecule has 0 saturated heterocycles. The first-order chi connectivity index (χ1) is 5.02. The van der Waals surface area contributed by atoms with E-state index < -0.39 is 10.0 Å². The number of primary sulfonamides is 1. The Kier molecular flexibility index (Phi) is 1.36. The molecule has 2 aliphatic carbocycles. The van der Waals surface area contributed by atoms with E-state index in [1.807, 2.05) is 0 Å². The topological polar surface area (TPSA) is 60.2 Å². The highest BCUT2D eigenvalue weighted by atomic mass is 32.2. The van der Waals surface area contributed by atoms with Crippen molar-refractivity contribution < 1.29 is 8.42 Å². The van der Waals surface area contributed by atoms with Crippen LogP contribution in [0.25, 0.3) is 0 Å². The van der Waals surface area contributed by atoms with Crippen molar-refractivity contribution in [2.24, 2.45) is 10.6 Å². The molecule has 0 atom stereocenters. The molecule has 1 spiro atoms. The van der Waals surface area contributed by atoms with Crippen molar-refractivity contribution in [1.82, 2.24) is 0 Å². The summed E-state index contributed by atoms with van der Waals surface area (Å²) in [5, 5.41) is 4.79. The Balaban J connectivity index is 1.98. The van der Waals surface area contributed by atoms with Crippen LogP contribution in [-0.2, 0) is 10.0 Å². The van der Waals surface area contributed by atoms with Gasteiger partial charge >= 0.3 is 0 Å². The van der Waals surface area contributed by atoms with Crippen molar-refractivity contribution in [2.45, 2.75) is 37.4 Å². The van der Waals surface area contributed by atoms with E-state index in [-0.39, 0.29) is 5.25 Å². The minimum atomic E-state index is -3.21. The average molecular weight is 175 g/mol. The van der Waals surface area contributed by atoms with E-state index in [9.17, 15) is 8.42 Å². The van der Waals surface area contributed by atoms with Crippen LogP contribution in [-0.4, -0.2) is 13.7 Å². The molecule has 3 nitrogen and oxygen atoms in total. The van der Waals surface area contributed by atoms with E-state index in [1.54, 1.807) is 0 Å². The molecule has 2 saturated carbocycles. The summed E-state index contributed by atoms with van der Waals surface area (Å²) in [7, 11) is -3.21. The summed E-state index contributed by atoms with van der Waals surface area (Å²) in [6, 6.07) is 0. The molecule has 2 rings (SSSR count). The molecule has 0 radical (unpaired) electrons. The van der Waals surface area contributed by atoms with Crippen molar-refractivity contribution in [3.05, 3.63) is 0 Å². The Morgan fingerprint density at radius 1 is 1.27 bits per heavy atom. The molecule has 11 heavy (non-hydrogen) atoms. The summed E-state index contributed by atoms with van der Waals surface area (Å²) < 4.78 is 21.6. The fourth-order valence-corrected chi connectivity index (χ4v) is 3.40. The molecule has 2 fully saturated rings. The molecule has 0 aromatic rings. The van der Waals surface area contributed by atoms with Crippen LogP contribution >= 0.6 is 0 Å². The highest BCUT2D eigenvalue weighted by Gasteiger charge is 2.51. The maximum absolute atomic E-state index is 10.8. The first kappa shape index (κ1) is 7.55. The second kappa shape index (κ2) is 1.98. The molecule has 2 N–H and O–H groups in total. The van der Waals surface area contributed by atoms with Crippen molar-refractivity contribution in [3.63, 3.8) is 0 Å². The molecule has 0 unspecified atom stereocenters. The van der Waals surface area contributed by atoms with Gasteiger partial charge in [0, 0.05) is 0 Å². The Bertz CT molecular complexity index is 258. The van der Waals surface area contributed by atoms with Crippen LogP contribution in [0.1, 0.15) is 32.1 Å². The molecule has 4 heteroatoms.